The van der Waals surface area contributed by atoms with Crippen LogP contribution in [-0.4, -0.2) is 45.3 Å². The van der Waals surface area contributed by atoms with E-state index in [0.717, 1.165) is 56.3 Å². The van der Waals surface area contributed by atoms with E-state index in [0.29, 0.717) is 6.42 Å². The number of hydrogen-bond donors (Lipinski definition) is 1. The summed E-state index contributed by atoms with van der Waals surface area (Å²) in [7, 11) is 0. The number of ether oxygens (including phenoxy) is 1. The monoisotopic (exact) mass is 365 g/mol. The van der Waals surface area contributed by atoms with Gasteiger partial charge >= 0.3 is 0 Å². The zero-order chi connectivity index (χ0) is 18.5. The smallest absolute Gasteiger partial charge is 0.228 e. The summed E-state index contributed by atoms with van der Waals surface area (Å²) in [6.07, 6.45) is 2.93. The van der Waals surface area contributed by atoms with Crippen molar-refractivity contribution in [1.82, 2.24) is 0 Å². The van der Waals surface area contributed by atoms with Gasteiger partial charge in [-0.25, -0.2) is 0 Å². The Labute approximate surface area is 160 Å². The molecule has 2 aromatic rings. The maximum Gasteiger partial charge on any atom is 0.228 e. The van der Waals surface area contributed by atoms with E-state index in [-0.39, 0.29) is 5.91 Å². The summed E-state index contributed by atoms with van der Waals surface area (Å²) in [4.78, 5) is 17.3. The van der Waals surface area contributed by atoms with Crippen LogP contribution in [0.1, 0.15) is 18.4 Å². The molecule has 1 amide bonds. The quantitative estimate of drug-likeness (QED) is 0.883. The van der Waals surface area contributed by atoms with Crippen molar-refractivity contribution in [2.45, 2.75) is 19.3 Å². The summed E-state index contributed by atoms with van der Waals surface area (Å²) in [5.74, 6) is 0.0182. The number of carbonyl (C=O) groups is 1. The molecule has 2 saturated heterocycles. The molecule has 27 heavy (non-hydrogen) atoms. The second-order valence-corrected chi connectivity index (χ2v) is 7.20. The normalized spacial score (nSPS) is 17.2. The minimum absolute atomic E-state index is 0.0182. The summed E-state index contributed by atoms with van der Waals surface area (Å²) < 4.78 is 5.44. The fourth-order valence-corrected chi connectivity index (χ4v) is 3.84. The molecule has 2 fully saturated rings. The molecule has 2 aromatic carbocycles. The number of anilines is 3. The number of carbonyl (C=O) groups excluding carboxylic acids is 1. The summed E-state index contributed by atoms with van der Waals surface area (Å²) in [5, 5.41) is 3.09. The summed E-state index contributed by atoms with van der Waals surface area (Å²) in [6.45, 7) is 5.43. The van der Waals surface area contributed by atoms with Gasteiger partial charge in [-0.1, -0.05) is 24.3 Å². The molecule has 0 bridgehead atoms. The molecule has 0 aromatic heterocycles. The molecule has 4 rings (SSSR count). The van der Waals surface area contributed by atoms with E-state index in [9.17, 15) is 4.79 Å². The van der Waals surface area contributed by atoms with Gasteiger partial charge < -0.3 is 19.9 Å². The van der Waals surface area contributed by atoms with Crippen molar-refractivity contribution in [3.63, 3.8) is 0 Å². The first-order valence-electron chi connectivity index (χ1n) is 9.85. The van der Waals surface area contributed by atoms with E-state index < -0.39 is 0 Å². The van der Waals surface area contributed by atoms with E-state index in [2.05, 4.69) is 45.4 Å². The molecule has 0 spiro atoms. The van der Waals surface area contributed by atoms with Crippen molar-refractivity contribution in [3.8, 4) is 0 Å². The molecular weight excluding hydrogens is 338 g/mol. The highest BCUT2D eigenvalue weighted by molar-refractivity contribution is 5.95. The summed E-state index contributed by atoms with van der Waals surface area (Å²) >= 11 is 0. The molecule has 2 aliphatic heterocycles. The third-order valence-corrected chi connectivity index (χ3v) is 5.30. The van der Waals surface area contributed by atoms with Gasteiger partial charge in [-0.15, -0.1) is 0 Å². The van der Waals surface area contributed by atoms with Crippen molar-refractivity contribution in [3.05, 3.63) is 54.1 Å². The minimum Gasteiger partial charge on any atom is -0.378 e. The summed E-state index contributed by atoms with van der Waals surface area (Å²) in [6, 6.07) is 16.4. The van der Waals surface area contributed by atoms with Crippen molar-refractivity contribution in [1.29, 1.82) is 0 Å². The molecule has 5 nitrogen and oxygen atoms in total. The Bertz CT molecular complexity index is 763. The Kier molecular flexibility index (Phi) is 5.58. The highest BCUT2D eigenvalue weighted by atomic mass is 16.5. The van der Waals surface area contributed by atoms with Crippen LogP contribution in [0.2, 0.25) is 0 Å². The lowest BCUT2D eigenvalue weighted by Gasteiger charge is -2.30. The second-order valence-electron chi connectivity index (χ2n) is 7.20. The Morgan fingerprint density at radius 2 is 1.59 bits per heavy atom. The third-order valence-electron chi connectivity index (χ3n) is 5.30. The van der Waals surface area contributed by atoms with Gasteiger partial charge in [-0.2, -0.15) is 0 Å². The van der Waals surface area contributed by atoms with E-state index in [1.54, 1.807) is 0 Å². The van der Waals surface area contributed by atoms with Crippen LogP contribution in [0.5, 0.6) is 0 Å². The predicted molar refractivity (Wildman–Crippen MR) is 110 cm³/mol. The summed E-state index contributed by atoms with van der Waals surface area (Å²) in [5.41, 5.74) is 4.24. The van der Waals surface area contributed by atoms with Gasteiger partial charge in [0.15, 0.2) is 0 Å². The van der Waals surface area contributed by atoms with Gasteiger partial charge in [0.05, 0.1) is 31.0 Å². The third kappa shape index (κ3) is 4.42. The average Bonchev–Trinajstić information content (AvgIpc) is 3.24. The first-order valence-corrected chi connectivity index (χ1v) is 9.85. The maximum atomic E-state index is 12.6. The van der Waals surface area contributed by atoms with Gasteiger partial charge in [-0.3, -0.25) is 4.79 Å². The van der Waals surface area contributed by atoms with Crippen LogP contribution in [0.15, 0.2) is 48.5 Å². The van der Waals surface area contributed by atoms with E-state index in [1.807, 2.05) is 18.2 Å². The number of amides is 1. The number of benzene rings is 2. The van der Waals surface area contributed by atoms with Gasteiger partial charge in [0.25, 0.3) is 0 Å². The average molecular weight is 365 g/mol. The van der Waals surface area contributed by atoms with Crippen molar-refractivity contribution < 1.29 is 9.53 Å². The zero-order valence-corrected chi connectivity index (χ0v) is 15.7. The lowest BCUT2D eigenvalue weighted by Crippen LogP contribution is -2.36. The van der Waals surface area contributed by atoms with Crippen LogP contribution < -0.4 is 15.1 Å². The van der Waals surface area contributed by atoms with Crippen LogP contribution in [-0.2, 0) is 16.0 Å². The van der Waals surface area contributed by atoms with Crippen LogP contribution in [0.25, 0.3) is 0 Å². The Morgan fingerprint density at radius 1 is 0.889 bits per heavy atom. The van der Waals surface area contributed by atoms with Gasteiger partial charge in [0, 0.05) is 31.9 Å². The van der Waals surface area contributed by atoms with Gasteiger partial charge in [0.1, 0.15) is 0 Å². The molecule has 0 atom stereocenters. The first kappa shape index (κ1) is 17.9. The Balaban J connectivity index is 1.39. The number of hydrogen-bond acceptors (Lipinski definition) is 4. The number of morpholine rings is 1. The maximum absolute atomic E-state index is 12.6. The number of para-hydroxylation sites is 2. The Hall–Kier alpha value is -2.53. The van der Waals surface area contributed by atoms with Crippen LogP contribution in [0.3, 0.4) is 0 Å². The van der Waals surface area contributed by atoms with Crippen LogP contribution >= 0.6 is 0 Å². The molecule has 2 heterocycles. The van der Waals surface area contributed by atoms with Gasteiger partial charge in [-0.05, 0) is 42.7 Å². The molecule has 0 unspecified atom stereocenters. The molecule has 142 valence electrons. The number of rotatable bonds is 5. The Morgan fingerprint density at radius 3 is 2.33 bits per heavy atom. The number of nitrogens with one attached hydrogen (secondary N) is 1. The first-order chi connectivity index (χ1) is 13.3. The van der Waals surface area contributed by atoms with Crippen molar-refractivity contribution in [2.75, 3.05) is 54.5 Å². The van der Waals surface area contributed by atoms with E-state index in [1.165, 1.54) is 18.5 Å². The van der Waals surface area contributed by atoms with Crippen LogP contribution in [0.4, 0.5) is 17.1 Å². The van der Waals surface area contributed by atoms with Gasteiger partial charge in [0.2, 0.25) is 5.91 Å². The SMILES string of the molecule is O=C(Cc1ccc(N2CCCC2)cc1)Nc1ccccc1N1CCOCC1. The highest BCUT2D eigenvalue weighted by Gasteiger charge is 2.16. The largest absolute Gasteiger partial charge is 0.378 e. The van der Waals surface area contributed by atoms with Crippen LogP contribution in [0, 0.1) is 0 Å². The standard InChI is InChI=1S/C22H27N3O2/c26-22(17-18-7-9-19(10-8-18)24-11-3-4-12-24)23-20-5-1-2-6-21(20)25-13-15-27-16-14-25/h1-2,5-10H,3-4,11-17H2,(H,23,26). The molecule has 0 aliphatic carbocycles. The predicted octanol–water partition coefficient (Wildman–Crippen LogP) is 3.30. The van der Waals surface area contributed by atoms with Crippen molar-refractivity contribution in [2.24, 2.45) is 0 Å². The van der Waals surface area contributed by atoms with E-state index >= 15 is 0 Å². The second kappa shape index (κ2) is 8.44. The highest BCUT2D eigenvalue weighted by Crippen LogP contribution is 2.26. The van der Waals surface area contributed by atoms with Crippen molar-refractivity contribution >= 4 is 23.0 Å². The van der Waals surface area contributed by atoms with E-state index in [4.69, 9.17) is 4.74 Å². The minimum atomic E-state index is 0.0182. The molecular formula is C22H27N3O2. The topological polar surface area (TPSA) is 44.8 Å². The molecule has 0 saturated carbocycles. The number of nitrogens with zero attached hydrogens (tertiary/aromatic N) is 2. The fraction of sp³-hybridized carbons (Fsp3) is 0.409. The molecule has 5 heteroatoms. The molecule has 0 radical (unpaired) electrons. The zero-order valence-electron chi connectivity index (χ0n) is 15.7. The molecule has 2 aliphatic rings. The fourth-order valence-electron chi connectivity index (χ4n) is 3.84. The molecule has 1 N–H and O–H groups in total. The lowest BCUT2D eigenvalue weighted by atomic mass is 10.1. The lowest BCUT2D eigenvalue weighted by molar-refractivity contribution is -0.115.